The summed E-state index contributed by atoms with van der Waals surface area (Å²) in [7, 11) is 0. The van der Waals surface area contributed by atoms with Crippen molar-refractivity contribution in [3.8, 4) is 11.4 Å². The number of aromatic nitrogens is 3. The van der Waals surface area contributed by atoms with E-state index in [0.29, 0.717) is 0 Å². The minimum absolute atomic E-state index is 0.722. The Morgan fingerprint density at radius 2 is 2.16 bits per heavy atom. The van der Waals surface area contributed by atoms with E-state index >= 15 is 0 Å². The third-order valence-corrected chi connectivity index (χ3v) is 4.17. The number of nitrogen functional groups attached to an aromatic ring is 1. The highest BCUT2D eigenvalue weighted by molar-refractivity contribution is 9.10. The van der Waals surface area contributed by atoms with E-state index in [-0.39, 0.29) is 0 Å². The highest BCUT2D eigenvalue weighted by Gasteiger charge is 2.26. The lowest BCUT2D eigenvalue weighted by molar-refractivity contribution is 0.183. The highest BCUT2D eigenvalue weighted by Crippen LogP contribution is 2.34. The Hall–Kier alpha value is -1.36. The predicted octanol–water partition coefficient (Wildman–Crippen LogP) is 3.34. The average molecular weight is 321 g/mol. The van der Waals surface area contributed by atoms with Gasteiger partial charge < -0.3 is 5.73 Å². The van der Waals surface area contributed by atoms with Crippen molar-refractivity contribution in [2.75, 3.05) is 5.73 Å². The van der Waals surface area contributed by atoms with Gasteiger partial charge in [0, 0.05) is 23.3 Å². The highest BCUT2D eigenvalue weighted by atomic mass is 79.9. The van der Waals surface area contributed by atoms with Crippen LogP contribution in [-0.2, 0) is 6.54 Å². The van der Waals surface area contributed by atoms with Crippen LogP contribution in [0.1, 0.15) is 19.8 Å². The van der Waals surface area contributed by atoms with E-state index in [9.17, 15) is 0 Å². The molecule has 0 radical (unpaired) electrons. The molecule has 1 aliphatic carbocycles. The molecule has 1 aliphatic rings. The monoisotopic (exact) mass is 320 g/mol. The molecular weight excluding hydrogens is 304 g/mol. The van der Waals surface area contributed by atoms with E-state index in [4.69, 9.17) is 5.73 Å². The summed E-state index contributed by atoms with van der Waals surface area (Å²) in [6.45, 7) is 3.22. The van der Waals surface area contributed by atoms with Crippen LogP contribution in [0.2, 0.25) is 0 Å². The van der Waals surface area contributed by atoms with Crippen molar-refractivity contribution in [3.63, 3.8) is 0 Å². The zero-order chi connectivity index (χ0) is 13.4. The zero-order valence-corrected chi connectivity index (χ0v) is 12.5. The number of nitrogens with two attached hydrogens (primary N) is 1. The number of pyridine rings is 1. The standard InChI is InChI=1S/C14H17BrN4/c1-9-4-10(5-9)8-19-14(16)6-13(18-19)12-3-2-11(15)7-17-12/h2-3,6-7,9-10H,4-5,8,16H2,1H3. The number of halogens is 1. The molecule has 2 heterocycles. The number of rotatable bonds is 3. The van der Waals surface area contributed by atoms with Gasteiger partial charge in [-0.25, -0.2) is 4.68 Å². The fourth-order valence-corrected chi connectivity index (χ4v) is 2.93. The largest absolute Gasteiger partial charge is 0.384 e. The quantitative estimate of drug-likeness (QED) is 0.943. The molecule has 19 heavy (non-hydrogen) atoms. The van der Waals surface area contributed by atoms with Crippen LogP contribution in [0, 0.1) is 11.8 Å². The minimum atomic E-state index is 0.722. The van der Waals surface area contributed by atoms with Crippen molar-refractivity contribution in [1.82, 2.24) is 14.8 Å². The lowest BCUT2D eigenvalue weighted by Gasteiger charge is -2.32. The number of anilines is 1. The molecule has 2 N–H and O–H groups in total. The molecule has 0 amide bonds. The summed E-state index contributed by atoms with van der Waals surface area (Å²) in [4.78, 5) is 4.35. The van der Waals surface area contributed by atoms with Crippen LogP contribution in [-0.4, -0.2) is 14.8 Å². The van der Waals surface area contributed by atoms with Gasteiger partial charge in [-0.1, -0.05) is 6.92 Å². The first-order valence-electron chi connectivity index (χ1n) is 6.57. The molecule has 1 fully saturated rings. The van der Waals surface area contributed by atoms with Gasteiger partial charge in [0.15, 0.2) is 0 Å². The lowest BCUT2D eigenvalue weighted by atomic mass is 9.76. The van der Waals surface area contributed by atoms with Crippen molar-refractivity contribution in [3.05, 3.63) is 28.9 Å². The van der Waals surface area contributed by atoms with Crippen LogP contribution < -0.4 is 5.73 Å². The molecule has 100 valence electrons. The van der Waals surface area contributed by atoms with Gasteiger partial charge in [0.05, 0.1) is 5.69 Å². The average Bonchev–Trinajstić information content (AvgIpc) is 2.70. The van der Waals surface area contributed by atoms with E-state index in [0.717, 1.165) is 40.1 Å². The number of nitrogens with zero attached hydrogens (tertiary/aromatic N) is 3. The summed E-state index contributed by atoms with van der Waals surface area (Å²) in [5, 5.41) is 4.57. The smallest absolute Gasteiger partial charge is 0.122 e. The van der Waals surface area contributed by atoms with Gasteiger partial charge in [-0.15, -0.1) is 0 Å². The molecule has 5 heteroatoms. The Morgan fingerprint density at radius 1 is 1.37 bits per heavy atom. The molecule has 0 aliphatic heterocycles. The number of hydrogen-bond acceptors (Lipinski definition) is 3. The molecule has 4 nitrogen and oxygen atoms in total. The molecule has 0 aromatic carbocycles. The topological polar surface area (TPSA) is 56.7 Å². The molecule has 0 atom stereocenters. The molecule has 0 unspecified atom stereocenters. The zero-order valence-electron chi connectivity index (χ0n) is 10.9. The van der Waals surface area contributed by atoms with Gasteiger partial charge in [-0.3, -0.25) is 4.98 Å². The molecule has 3 rings (SSSR count). The van der Waals surface area contributed by atoms with Crippen LogP contribution in [0.4, 0.5) is 5.82 Å². The Morgan fingerprint density at radius 3 is 2.79 bits per heavy atom. The van der Waals surface area contributed by atoms with Crippen LogP contribution >= 0.6 is 15.9 Å². The summed E-state index contributed by atoms with van der Waals surface area (Å²) < 4.78 is 2.88. The Bertz CT molecular complexity index is 570. The van der Waals surface area contributed by atoms with Crippen LogP contribution in [0.15, 0.2) is 28.9 Å². The van der Waals surface area contributed by atoms with Crippen molar-refractivity contribution in [2.45, 2.75) is 26.3 Å². The summed E-state index contributed by atoms with van der Waals surface area (Å²) >= 11 is 3.38. The van der Waals surface area contributed by atoms with Gasteiger partial charge >= 0.3 is 0 Å². The fourth-order valence-electron chi connectivity index (χ4n) is 2.69. The molecule has 2 aromatic rings. The predicted molar refractivity (Wildman–Crippen MR) is 79.5 cm³/mol. The Balaban J connectivity index is 1.78. The minimum Gasteiger partial charge on any atom is -0.384 e. The first-order chi connectivity index (χ1) is 9.11. The molecule has 0 bridgehead atoms. The maximum atomic E-state index is 6.03. The van der Waals surface area contributed by atoms with Gasteiger partial charge in [0.2, 0.25) is 0 Å². The number of hydrogen-bond donors (Lipinski definition) is 1. The normalized spacial score (nSPS) is 22.2. The van der Waals surface area contributed by atoms with E-state index in [1.807, 2.05) is 22.9 Å². The second-order valence-electron chi connectivity index (χ2n) is 5.44. The molecule has 2 aromatic heterocycles. The van der Waals surface area contributed by atoms with Crippen molar-refractivity contribution in [2.24, 2.45) is 11.8 Å². The fraction of sp³-hybridized carbons (Fsp3) is 0.429. The molecule has 1 saturated carbocycles. The van der Waals surface area contributed by atoms with Crippen LogP contribution in [0.5, 0.6) is 0 Å². The van der Waals surface area contributed by atoms with E-state index < -0.39 is 0 Å². The third-order valence-electron chi connectivity index (χ3n) is 3.70. The second kappa shape index (κ2) is 4.96. The summed E-state index contributed by atoms with van der Waals surface area (Å²) in [5.41, 5.74) is 7.74. The summed E-state index contributed by atoms with van der Waals surface area (Å²) in [6, 6.07) is 5.81. The first-order valence-corrected chi connectivity index (χ1v) is 7.36. The van der Waals surface area contributed by atoms with Gasteiger partial charge in [0.1, 0.15) is 11.5 Å². The van der Waals surface area contributed by atoms with Gasteiger partial charge in [0.25, 0.3) is 0 Å². The molecular formula is C14H17BrN4. The first kappa shape index (κ1) is 12.7. The van der Waals surface area contributed by atoms with Crippen molar-refractivity contribution in [1.29, 1.82) is 0 Å². The second-order valence-corrected chi connectivity index (χ2v) is 6.36. The van der Waals surface area contributed by atoms with Crippen LogP contribution in [0.25, 0.3) is 11.4 Å². The van der Waals surface area contributed by atoms with Crippen molar-refractivity contribution < 1.29 is 0 Å². The SMILES string of the molecule is CC1CC(Cn2nc(-c3ccc(Br)cn3)cc2N)C1. The van der Waals surface area contributed by atoms with E-state index in [1.54, 1.807) is 6.20 Å². The summed E-state index contributed by atoms with van der Waals surface area (Å²) in [6.07, 6.45) is 4.34. The van der Waals surface area contributed by atoms with Gasteiger partial charge in [-0.05, 0) is 52.7 Å². The molecule has 0 spiro atoms. The van der Waals surface area contributed by atoms with E-state index in [1.165, 1.54) is 12.8 Å². The van der Waals surface area contributed by atoms with E-state index in [2.05, 4.69) is 32.9 Å². The van der Waals surface area contributed by atoms with Gasteiger partial charge in [-0.2, -0.15) is 5.10 Å². The lowest BCUT2D eigenvalue weighted by Crippen LogP contribution is -2.26. The third kappa shape index (κ3) is 2.66. The Kier molecular flexibility index (Phi) is 3.31. The summed E-state index contributed by atoms with van der Waals surface area (Å²) in [5.74, 6) is 2.30. The maximum absolute atomic E-state index is 6.03. The maximum Gasteiger partial charge on any atom is 0.122 e. The van der Waals surface area contributed by atoms with Crippen molar-refractivity contribution >= 4 is 21.7 Å². The molecule has 0 saturated heterocycles. The van der Waals surface area contributed by atoms with Crippen LogP contribution in [0.3, 0.4) is 0 Å². The Labute approximate surface area is 121 Å².